The third-order valence-electron chi connectivity index (χ3n) is 4.09. The van der Waals surface area contributed by atoms with Crippen molar-refractivity contribution in [3.63, 3.8) is 0 Å². The van der Waals surface area contributed by atoms with Gasteiger partial charge in [0.15, 0.2) is 0 Å². The zero-order valence-corrected chi connectivity index (χ0v) is 13.0. The number of carbonyl (C=O) groups excluding carboxylic acids is 1. The molecular weight excluding hydrogens is 278 g/mol. The molecule has 3 rings (SSSR count). The van der Waals surface area contributed by atoms with E-state index in [-0.39, 0.29) is 11.9 Å². The Labute approximate surface area is 130 Å². The average molecular weight is 299 g/mol. The molecule has 116 valence electrons. The van der Waals surface area contributed by atoms with Gasteiger partial charge in [0.2, 0.25) is 5.88 Å². The predicted octanol–water partition coefficient (Wildman–Crippen LogP) is 2.89. The first kappa shape index (κ1) is 14.6. The van der Waals surface area contributed by atoms with E-state index in [0.717, 1.165) is 13.0 Å². The van der Waals surface area contributed by atoms with Gasteiger partial charge in [-0.3, -0.25) is 4.79 Å². The molecule has 5 nitrogen and oxygen atoms in total. The number of nitrogens with zero attached hydrogens (tertiary/aromatic N) is 3. The number of hydrogen-bond acceptors (Lipinski definition) is 3. The van der Waals surface area contributed by atoms with Crippen molar-refractivity contribution in [2.45, 2.75) is 32.9 Å². The molecule has 1 atom stereocenters. The summed E-state index contributed by atoms with van der Waals surface area (Å²) >= 11 is 0. The second kappa shape index (κ2) is 6.22. The largest absolute Gasteiger partial charge is 0.477 e. The van der Waals surface area contributed by atoms with E-state index in [1.165, 1.54) is 5.69 Å². The summed E-state index contributed by atoms with van der Waals surface area (Å²) in [6.07, 6.45) is 4.62. The number of carbonyl (C=O) groups is 1. The number of aromatic nitrogens is 2. The van der Waals surface area contributed by atoms with Gasteiger partial charge in [-0.25, -0.2) is 4.98 Å². The van der Waals surface area contributed by atoms with Crippen LogP contribution < -0.4 is 4.74 Å². The number of fused-ring (bicyclic) bond motifs is 1. The Hall–Kier alpha value is -2.30. The molecule has 22 heavy (non-hydrogen) atoms. The predicted molar refractivity (Wildman–Crippen MR) is 83.9 cm³/mol. The molecular formula is C17H21N3O2. The molecule has 1 amide bonds. The van der Waals surface area contributed by atoms with Crippen LogP contribution in [0.25, 0.3) is 0 Å². The monoisotopic (exact) mass is 299 g/mol. The second-order valence-corrected chi connectivity index (χ2v) is 5.34. The van der Waals surface area contributed by atoms with E-state index in [4.69, 9.17) is 4.74 Å². The van der Waals surface area contributed by atoms with Crippen LogP contribution in [0.4, 0.5) is 0 Å². The number of ether oxygens (including phenoxy) is 1. The Balaban J connectivity index is 1.92. The molecule has 5 heteroatoms. The van der Waals surface area contributed by atoms with E-state index in [0.29, 0.717) is 24.6 Å². The van der Waals surface area contributed by atoms with Gasteiger partial charge in [0.1, 0.15) is 5.56 Å². The van der Waals surface area contributed by atoms with E-state index in [1.807, 2.05) is 17.9 Å². The quantitative estimate of drug-likeness (QED) is 0.872. The molecule has 1 aliphatic rings. The van der Waals surface area contributed by atoms with Crippen molar-refractivity contribution in [2.75, 3.05) is 13.2 Å². The van der Waals surface area contributed by atoms with Crippen LogP contribution in [0.3, 0.4) is 0 Å². The lowest BCUT2D eigenvalue weighted by Gasteiger charge is -2.36. The van der Waals surface area contributed by atoms with E-state index in [9.17, 15) is 4.79 Å². The molecule has 0 bridgehead atoms. The molecule has 1 aliphatic heterocycles. The van der Waals surface area contributed by atoms with Crippen LogP contribution in [-0.4, -0.2) is 33.5 Å². The fourth-order valence-electron chi connectivity index (χ4n) is 3.10. The SMILES string of the molecule is CCOc1ncccc1C(=O)N1CCn2cccc2[C@H]1CC. The third kappa shape index (κ3) is 2.47. The van der Waals surface area contributed by atoms with Gasteiger partial charge in [0.25, 0.3) is 5.91 Å². The number of pyridine rings is 1. The summed E-state index contributed by atoms with van der Waals surface area (Å²) in [7, 11) is 0. The van der Waals surface area contributed by atoms with Gasteiger partial charge in [-0.1, -0.05) is 6.92 Å². The molecule has 0 saturated heterocycles. The maximum Gasteiger partial charge on any atom is 0.259 e. The molecule has 0 fully saturated rings. The Bertz CT molecular complexity index is 665. The summed E-state index contributed by atoms with van der Waals surface area (Å²) in [6, 6.07) is 7.82. The zero-order chi connectivity index (χ0) is 15.5. The molecule has 0 saturated carbocycles. The minimum absolute atomic E-state index is 0.00384. The van der Waals surface area contributed by atoms with Crippen molar-refractivity contribution >= 4 is 5.91 Å². The third-order valence-corrected chi connectivity index (χ3v) is 4.09. The smallest absolute Gasteiger partial charge is 0.259 e. The van der Waals surface area contributed by atoms with E-state index in [1.54, 1.807) is 18.3 Å². The second-order valence-electron chi connectivity index (χ2n) is 5.34. The van der Waals surface area contributed by atoms with Crippen LogP contribution in [0, 0.1) is 0 Å². The Kier molecular flexibility index (Phi) is 4.13. The lowest BCUT2D eigenvalue weighted by molar-refractivity contribution is 0.0613. The highest BCUT2D eigenvalue weighted by Crippen LogP contribution is 2.31. The zero-order valence-electron chi connectivity index (χ0n) is 13.0. The van der Waals surface area contributed by atoms with Gasteiger partial charge < -0.3 is 14.2 Å². The molecule has 0 unspecified atom stereocenters. The van der Waals surface area contributed by atoms with Crippen LogP contribution >= 0.6 is 0 Å². The Morgan fingerprint density at radius 2 is 2.18 bits per heavy atom. The van der Waals surface area contributed by atoms with Crippen LogP contribution in [0.1, 0.15) is 42.4 Å². The Morgan fingerprint density at radius 1 is 1.32 bits per heavy atom. The molecule has 2 aromatic heterocycles. The minimum atomic E-state index is -0.00384. The van der Waals surface area contributed by atoms with Crippen molar-refractivity contribution in [1.82, 2.24) is 14.5 Å². The van der Waals surface area contributed by atoms with Gasteiger partial charge in [0, 0.05) is 31.2 Å². The first-order chi connectivity index (χ1) is 10.8. The molecule has 0 radical (unpaired) electrons. The lowest BCUT2D eigenvalue weighted by atomic mass is 10.1. The maximum atomic E-state index is 13.0. The summed E-state index contributed by atoms with van der Waals surface area (Å²) in [5.74, 6) is 0.418. The van der Waals surface area contributed by atoms with Gasteiger partial charge in [-0.2, -0.15) is 0 Å². The fraction of sp³-hybridized carbons (Fsp3) is 0.412. The van der Waals surface area contributed by atoms with Crippen molar-refractivity contribution in [3.8, 4) is 5.88 Å². The van der Waals surface area contributed by atoms with Gasteiger partial charge >= 0.3 is 0 Å². The molecule has 0 aliphatic carbocycles. The minimum Gasteiger partial charge on any atom is -0.477 e. The molecule has 0 aromatic carbocycles. The van der Waals surface area contributed by atoms with Crippen molar-refractivity contribution in [2.24, 2.45) is 0 Å². The summed E-state index contributed by atoms with van der Waals surface area (Å²) in [5, 5.41) is 0. The van der Waals surface area contributed by atoms with Crippen molar-refractivity contribution < 1.29 is 9.53 Å². The summed E-state index contributed by atoms with van der Waals surface area (Å²) < 4.78 is 7.74. The van der Waals surface area contributed by atoms with E-state index in [2.05, 4.69) is 28.7 Å². The van der Waals surface area contributed by atoms with Gasteiger partial charge in [-0.05, 0) is 37.6 Å². The lowest BCUT2D eigenvalue weighted by Crippen LogP contribution is -2.41. The van der Waals surface area contributed by atoms with Crippen LogP contribution in [-0.2, 0) is 6.54 Å². The summed E-state index contributed by atoms with van der Waals surface area (Å²) in [4.78, 5) is 19.1. The summed E-state index contributed by atoms with van der Waals surface area (Å²) in [6.45, 7) is 6.04. The standard InChI is InChI=1S/C17H21N3O2/c1-3-14-15-8-6-10-19(15)11-12-20(14)17(21)13-7-5-9-18-16(13)22-4-2/h5-10,14H,3-4,11-12H2,1-2H3/t14-/m1/s1. The van der Waals surface area contributed by atoms with E-state index < -0.39 is 0 Å². The molecule has 2 aromatic rings. The number of hydrogen-bond donors (Lipinski definition) is 0. The fourth-order valence-corrected chi connectivity index (χ4v) is 3.10. The Morgan fingerprint density at radius 3 is 2.95 bits per heavy atom. The average Bonchev–Trinajstić information content (AvgIpc) is 3.02. The van der Waals surface area contributed by atoms with Crippen molar-refractivity contribution in [1.29, 1.82) is 0 Å². The normalized spacial score (nSPS) is 17.2. The molecule has 0 spiro atoms. The number of rotatable bonds is 4. The molecule has 0 N–H and O–H groups in total. The first-order valence-corrected chi connectivity index (χ1v) is 7.80. The van der Waals surface area contributed by atoms with Gasteiger partial charge in [-0.15, -0.1) is 0 Å². The maximum absolute atomic E-state index is 13.0. The van der Waals surface area contributed by atoms with E-state index >= 15 is 0 Å². The van der Waals surface area contributed by atoms with Crippen LogP contribution in [0.2, 0.25) is 0 Å². The highest BCUT2D eigenvalue weighted by atomic mass is 16.5. The number of amides is 1. The van der Waals surface area contributed by atoms with Crippen molar-refractivity contribution in [3.05, 3.63) is 47.9 Å². The van der Waals surface area contributed by atoms with Gasteiger partial charge in [0.05, 0.1) is 12.6 Å². The highest BCUT2D eigenvalue weighted by molar-refractivity contribution is 5.96. The highest BCUT2D eigenvalue weighted by Gasteiger charge is 2.31. The summed E-state index contributed by atoms with van der Waals surface area (Å²) in [5.41, 5.74) is 1.74. The van der Waals surface area contributed by atoms with Crippen LogP contribution in [0.5, 0.6) is 5.88 Å². The topological polar surface area (TPSA) is 47.4 Å². The molecule has 3 heterocycles. The van der Waals surface area contributed by atoms with Crippen LogP contribution in [0.15, 0.2) is 36.7 Å². The first-order valence-electron chi connectivity index (χ1n) is 7.80.